The zero-order valence-electron chi connectivity index (χ0n) is 13.7. The maximum absolute atomic E-state index is 4.55. The summed E-state index contributed by atoms with van der Waals surface area (Å²) in [6, 6.07) is 5.38. The van der Waals surface area contributed by atoms with Gasteiger partial charge in [0.15, 0.2) is 0 Å². The van der Waals surface area contributed by atoms with Crippen LogP contribution >= 0.6 is 15.9 Å². The van der Waals surface area contributed by atoms with Crippen LogP contribution in [0.15, 0.2) is 22.8 Å². The van der Waals surface area contributed by atoms with Crippen LogP contribution < -0.4 is 5.32 Å². The van der Waals surface area contributed by atoms with Gasteiger partial charge >= 0.3 is 0 Å². The zero-order chi connectivity index (χ0) is 15.5. The summed E-state index contributed by atoms with van der Waals surface area (Å²) < 4.78 is 1.04. The van der Waals surface area contributed by atoms with Crippen molar-refractivity contribution in [2.24, 2.45) is 5.41 Å². The molecule has 0 bridgehead atoms. The van der Waals surface area contributed by atoms with Gasteiger partial charge in [-0.1, -0.05) is 34.1 Å². The van der Waals surface area contributed by atoms with Crippen LogP contribution in [0.2, 0.25) is 0 Å². The lowest BCUT2D eigenvalue weighted by molar-refractivity contribution is 0.0465. The third-order valence-electron chi connectivity index (χ3n) is 4.29. The van der Waals surface area contributed by atoms with Crippen molar-refractivity contribution in [3.63, 3.8) is 0 Å². The first-order valence-electron chi connectivity index (χ1n) is 7.98. The van der Waals surface area contributed by atoms with E-state index in [1.54, 1.807) is 0 Å². The first-order valence-corrected chi connectivity index (χ1v) is 8.77. The maximum atomic E-state index is 4.55. The molecule has 1 fully saturated rings. The monoisotopic (exact) mass is 353 g/mol. The van der Waals surface area contributed by atoms with Crippen LogP contribution in [0.4, 0.5) is 0 Å². The minimum absolute atomic E-state index is 0.277. The summed E-state index contributed by atoms with van der Waals surface area (Å²) in [6.07, 6.45) is 4.39. The molecule has 4 heteroatoms. The van der Waals surface area contributed by atoms with Gasteiger partial charge in [-0.2, -0.15) is 0 Å². The molecule has 1 aliphatic rings. The van der Waals surface area contributed by atoms with E-state index in [0.717, 1.165) is 29.8 Å². The molecule has 2 unspecified atom stereocenters. The van der Waals surface area contributed by atoms with Gasteiger partial charge < -0.3 is 5.32 Å². The SMILES string of the molecule is CCCC1CN(Cc2ccc(Br)cn2)C(C(C)(C)C)CN1. The Kier molecular flexibility index (Phi) is 5.81. The molecule has 1 aromatic rings. The molecule has 2 atom stereocenters. The molecule has 0 spiro atoms. The molecule has 1 N–H and O–H groups in total. The van der Waals surface area contributed by atoms with Crippen molar-refractivity contribution in [1.29, 1.82) is 0 Å². The van der Waals surface area contributed by atoms with E-state index in [4.69, 9.17) is 0 Å². The molecule has 0 aliphatic carbocycles. The minimum Gasteiger partial charge on any atom is -0.311 e. The van der Waals surface area contributed by atoms with Crippen LogP contribution in [0.25, 0.3) is 0 Å². The van der Waals surface area contributed by atoms with E-state index in [9.17, 15) is 0 Å². The van der Waals surface area contributed by atoms with Crippen molar-refractivity contribution in [2.75, 3.05) is 13.1 Å². The quantitative estimate of drug-likeness (QED) is 0.891. The highest BCUT2D eigenvalue weighted by Gasteiger charge is 2.35. The molecule has 1 saturated heterocycles. The summed E-state index contributed by atoms with van der Waals surface area (Å²) in [4.78, 5) is 7.17. The van der Waals surface area contributed by atoms with Crippen molar-refractivity contribution in [2.45, 2.75) is 59.2 Å². The molecule has 0 amide bonds. The van der Waals surface area contributed by atoms with Gasteiger partial charge in [0.1, 0.15) is 0 Å². The van der Waals surface area contributed by atoms with Crippen molar-refractivity contribution in [3.8, 4) is 0 Å². The molecule has 3 nitrogen and oxygen atoms in total. The lowest BCUT2D eigenvalue weighted by Gasteiger charge is -2.46. The summed E-state index contributed by atoms with van der Waals surface area (Å²) in [5.74, 6) is 0. The summed E-state index contributed by atoms with van der Waals surface area (Å²) >= 11 is 3.46. The second kappa shape index (κ2) is 7.21. The summed E-state index contributed by atoms with van der Waals surface area (Å²) in [7, 11) is 0. The largest absolute Gasteiger partial charge is 0.311 e. The number of nitrogens with one attached hydrogen (secondary N) is 1. The number of pyridine rings is 1. The second-order valence-electron chi connectivity index (χ2n) is 7.17. The molecular formula is C17H28BrN3. The number of hydrogen-bond donors (Lipinski definition) is 1. The summed E-state index contributed by atoms with van der Waals surface area (Å²) in [5, 5.41) is 3.73. The Labute approximate surface area is 137 Å². The molecule has 2 rings (SSSR count). The molecule has 0 radical (unpaired) electrons. The van der Waals surface area contributed by atoms with Gasteiger partial charge in [-0.3, -0.25) is 9.88 Å². The smallest absolute Gasteiger partial charge is 0.0544 e. The van der Waals surface area contributed by atoms with Crippen molar-refractivity contribution >= 4 is 15.9 Å². The first kappa shape index (κ1) is 16.9. The number of rotatable bonds is 4. The third-order valence-corrected chi connectivity index (χ3v) is 4.76. The Hall–Kier alpha value is -0.450. The second-order valence-corrected chi connectivity index (χ2v) is 8.09. The van der Waals surface area contributed by atoms with Crippen LogP contribution in [-0.4, -0.2) is 35.1 Å². The van der Waals surface area contributed by atoms with E-state index in [0.29, 0.717) is 12.1 Å². The molecule has 0 saturated carbocycles. The molecule has 21 heavy (non-hydrogen) atoms. The van der Waals surface area contributed by atoms with Crippen LogP contribution in [0.1, 0.15) is 46.2 Å². The number of piperazine rings is 1. The van der Waals surface area contributed by atoms with E-state index in [2.05, 4.69) is 71.0 Å². The van der Waals surface area contributed by atoms with Gasteiger partial charge in [-0.15, -0.1) is 0 Å². The molecule has 1 aliphatic heterocycles. The number of hydrogen-bond acceptors (Lipinski definition) is 3. The van der Waals surface area contributed by atoms with Crippen molar-refractivity contribution in [3.05, 3.63) is 28.5 Å². The first-order chi connectivity index (χ1) is 9.90. The maximum Gasteiger partial charge on any atom is 0.0544 e. The molecule has 2 heterocycles. The molecule has 118 valence electrons. The zero-order valence-corrected chi connectivity index (χ0v) is 15.3. The fourth-order valence-corrected chi connectivity index (χ4v) is 3.40. The average molecular weight is 354 g/mol. The molecular weight excluding hydrogens is 326 g/mol. The fraction of sp³-hybridized carbons (Fsp3) is 0.706. The number of halogens is 1. The van der Waals surface area contributed by atoms with Crippen molar-refractivity contribution in [1.82, 2.24) is 15.2 Å². The van der Waals surface area contributed by atoms with Gasteiger partial charge in [0.25, 0.3) is 0 Å². The minimum atomic E-state index is 0.277. The van der Waals surface area contributed by atoms with Crippen LogP contribution in [-0.2, 0) is 6.54 Å². The Morgan fingerprint density at radius 2 is 2.14 bits per heavy atom. The molecule has 0 aromatic carbocycles. The topological polar surface area (TPSA) is 28.2 Å². The Balaban J connectivity index is 2.10. The fourth-order valence-electron chi connectivity index (χ4n) is 3.16. The number of nitrogens with zero attached hydrogens (tertiary/aromatic N) is 2. The standard InChI is InChI=1S/C17H28BrN3/c1-5-6-14-11-21(16(10-20-14)17(2,3)4)12-15-8-7-13(18)9-19-15/h7-9,14,16,20H,5-6,10-12H2,1-4H3. The van der Waals surface area contributed by atoms with Gasteiger partial charge in [-0.25, -0.2) is 0 Å². The lowest BCUT2D eigenvalue weighted by atomic mass is 9.83. The highest BCUT2D eigenvalue weighted by atomic mass is 79.9. The number of aromatic nitrogens is 1. The Morgan fingerprint density at radius 1 is 1.38 bits per heavy atom. The van der Waals surface area contributed by atoms with E-state index in [1.807, 2.05) is 6.20 Å². The highest BCUT2D eigenvalue weighted by molar-refractivity contribution is 9.10. The van der Waals surface area contributed by atoms with E-state index >= 15 is 0 Å². The van der Waals surface area contributed by atoms with E-state index in [1.165, 1.54) is 12.8 Å². The normalized spacial score (nSPS) is 24.2. The predicted molar refractivity (Wildman–Crippen MR) is 92.3 cm³/mol. The van der Waals surface area contributed by atoms with Gasteiger partial charge in [0.2, 0.25) is 0 Å². The van der Waals surface area contributed by atoms with Crippen LogP contribution in [0.3, 0.4) is 0 Å². The third kappa shape index (κ3) is 4.76. The van der Waals surface area contributed by atoms with Gasteiger partial charge in [0.05, 0.1) is 5.69 Å². The van der Waals surface area contributed by atoms with Crippen LogP contribution in [0.5, 0.6) is 0 Å². The van der Waals surface area contributed by atoms with Gasteiger partial charge in [0, 0.05) is 42.4 Å². The van der Waals surface area contributed by atoms with Crippen LogP contribution in [0, 0.1) is 5.41 Å². The predicted octanol–water partition coefficient (Wildman–Crippen LogP) is 3.83. The van der Waals surface area contributed by atoms with E-state index in [-0.39, 0.29) is 5.41 Å². The van der Waals surface area contributed by atoms with Crippen molar-refractivity contribution < 1.29 is 0 Å². The lowest BCUT2D eigenvalue weighted by Crippen LogP contribution is -2.60. The Bertz CT molecular complexity index is 438. The summed E-state index contributed by atoms with van der Waals surface area (Å²) in [5.41, 5.74) is 1.43. The van der Waals surface area contributed by atoms with Gasteiger partial charge in [-0.05, 0) is 39.9 Å². The highest BCUT2D eigenvalue weighted by Crippen LogP contribution is 2.28. The molecule has 1 aromatic heterocycles. The van der Waals surface area contributed by atoms with E-state index < -0.39 is 0 Å². The Morgan fingerprint density at radius 3 is 2.71 bits per heavy atom. The average Bonchev–Trinajstić information content (AvgIpc) is 2.41. The summed E-state index contributed by atoms with van der Waals surface area (Å²) in [6.45, 7) is 12.4.